The standard InChI is InChI=1S/C14H16N2O6/c1-20-13(18)5-3-10(17)7-15-14(19)16-9-2-4-11-12(6-9)22-8-21-11/h2,4,6H,3,5,7-8H2,1H3,(H2,15,16,19). The smallest absolute Gasteiger partial charge is 0.319 e. The van der Waals surface area contributed by atoms with E-state index >= 15 is 0 Å². The lowest BCUT2D eigenvalue weighted by atomic mass is 10.2. The minimum absolute atomic E-state index is 0.000787. The van der Waals surface area contributed by atoms with Gasteiger partial charge in [-0.15, -0.1) is 0 Å². The molecule has 1 aromatic carbocycles. The van der Waals surface area contributed by atoms with Gasteiger partial charge in [-0.2, -0.15) is 0 Å². The number of ketones is 1. The van der Waals surface area contributed by atoms with Crippen molar-refractivity contribution in [3.63, 3.8) is 0 Å². The molecule has 1 aliphatic rings. The minimum atomic E-state index is -0.523. The molecular weight excluding hydrogens is 292 g/mol. The summed E-state index contributed by atoms with van der Waals surface area (Å²) in [5.41, 5.74) is 0.517. The van der Waals surface area contributed by atoms with Crippen LogP contribution in [0.5, 0.6) is 11.5 Å². The van der Waals surface area contributed by atoms with Crippen molar-refractivity contribution in [2.45, 2.75) is 12.8 Å². The van der Waals surface area contributed by atoms with Crippen LogP contribution < -0.4 is 20.1 Å². The fraction of sp³-hybridized carbons (Fsp3) is 0.357. The van der Waals surface area contributed by atoms with E-state index in [-0.39, 0.29) is 32.0 Å². The van der Waals surface area contributed by atoms with Crippen molar-refractivity contribution in [2.24, 2.45) is 0 Å². The summed E-state index contributed by atoms with van der Waals surface area (Å²) >= 11 is 0. The van der Waals surface area contributed by atoms with Gasteiger partial charge < -0.3 is 24.8 Å². The molecule has 2 amide bonds. The molecule has 0 spiro atoms. The van der Waals surface area contributed by atoms with Crippen LogP contribution in [0.3, 0.4) is 0 Å². The lowest BCUT2D eigenvalue weighted by molar-refractivity contribution is -0.141. The van der Waals surface area contributed by atoms with Crippen LogP contribution in [0.2, 0.25) is 0 Å². The van der Waals surface area contributed by atoms with E-state index in [0.29, 0.717) is 17.2 Å². The molecule has 0 aromatic heterocycles. The Balaban J connectivity index is 1.74. The topological polar surface area (TPSA) is 103 Å². The molecule has 1 aliphatic heterocycles. The third-order valence-corrected chi connectivity index (χ3v) is 2.91. The highest BCUT2D eigenvalue weighted by Gasteiger charge is 2.14. The lowest BCUT2D eigenvalue weighted by Gasteiger charge is -2.07. The fourth-order valence-corrected chi connectivity index (χ4v) is 1.76. The van der Waals surface area contributed by atoms with Crippen LogP contribution in [0.4, 0.5) is 10.5 Å². The Hall–Kier alpha value is -2.77. The van der Waals surface area contributed by atoms with Crippen LogP contribution in [-0.2, 0) is 14.3 Å². The van der Waals surface area contributed by atoms with E-state index in [1.165, 1.54) is 7.11 Å². The van der Waals surface area contributed by atoms with Crippen molar-refractivity contribution in [3.8, 4) is 11.5 Å². The number of esters is 1. The average molecular weight is 308 g/mol. The number of carbonyl (C=O) groups excluding carboxylic acids is 3. The maximum atomic E-state index is 11.7. The van der Waals surface area contributed by atoms with Crippen molar-refractivity contribution < 1.29 is 28.6 Å². The van der Waals surface area contributed by atoms with Gasteiger partial charge in [0, 0.05) is 18.2 Å². The molecule has 0 saturated heterocycles. The number of hydrogen-bond acceptors (Lipinski definition) is 6. The molecule has 8 nitrogen and oxygen atoms in total. The molecule has 0 radical (unpaired) electrons. The van der Waals surface area contributed by atoms with Crippen molar-refractivity contribution in [3.05, 3.63) is 18.2 Å². The first-order chi connectivity index (χ1) is 10.6. The van der Waals surface area contributed by atoms with Gasteiger partial charge in [0.05, 0.1) is 20.1 Å². The van der Waals surface area contributed by atoms with Crippen LogP contribution in [0.25, 0.3) is 0 Å². The van der Waals surface area contributed by atoms with E-state index in [0.717, 1.165) is 0 Å². The number of Topliss-reactive ketones (excluding diaryl/α,β-unsaturated/α-hetero) is 1. The van der Waals surface area contributed by atoms with Gasteiger partial charge in [-0.3, -0.25) is 9.59 Å². The number of methoxy groups -OCH3 is 1. The summed E-state index contributed by atoms with van der Waals surface area (Å²) in [6.45, 7) is -0.00689. The van der Waals surface area contributed by atoms with E-state index in [1.54, 1.807) is 18.2 Å². The SMILES string of the molecule is COC(=O)CCC(=O)CNC(=O)Nc1ccc2c(c1)OCO2. The van der Waals surface area contributed by atoms with Crippen LogP contribution >= 0.6 is 0 Å². The Labute approximate surface area is 126 Å². The summed E-state index contributed by atoms with van der Waals surface area (Å²) in [5.74, 6) is 0.445. The summed E-state index contributed by atoms with van der Waals surface area (Å²) in [7, 11) is 1.25. The van der Waals surface area contributed by atoms with Crippen molar-refractivity contribution in [2.75, 3.05) is 25.8 Å². The Morgan fingerprint density at radius 3 is 2.73 bits per heavy atom. The number of carbonyl (C=O) groups is 3. The number of rotatable bonds is 6. The summed E-state index contributed by atoms with van der Waals surface area (Å²) in [6.07, 6.45) is 0.0256. The Morgan fingerprint density at radius 1 is 1.18 bits per heavy atom. The summed E-state index contributed by atoms with van der Waals surface area (Å²) in [5, 5.41) is 4.99. The largest absolute Gasteiger partial charge is 0.469 e. The first kappa shape index (κ1) is 15.6. The zero-order valence-electron chi connectivity index (χ0n) is 12.0. The molecule has 2 N–H and O–H groups in total. The van der Waals surface area contributed by atoms with Gasteiger partial charge in [0.2, 0.25) is 6.79 Å². The van der Waals surface area contributed by atoms with Gasteiger partial charge >= 0.3 is 12.0 Å². The second kappa shape index (κ2) is 7.30. The number of urea groups is 1. The number of anilines is 1. The number of fused-ring (bicyclic) bond motifs is 1. The summed E-state index contributed by atoms with van der Waals surface area (Å²) in [6, 6.07) is 4.44. The number of benzene rings is 1. The molecule has 0 bridgehead atoms. The highest BCUT2D eigenvalue weighted by molar-refractivity contribution is 5.93. The fourth-order valence-electron chi connectivity index (χ4n) is 1.76. The van der Waals surface area contributed by atoms with Crippen molar-refractivity contribution in [1.29, 1.82) is 0 Å². The third-order valence-electron chi connectivity index (χ3n) is 2.91. The van der Waals surface area contributed by atoms with Crippen LogP contribution in [0, 0.1) is 0 Å². The number of ether oxygens (including phenoxy) is 3. The van der Waals surface area contributed by atoms with Gasteiger partial charge in [0.1, 0.15) is 0 Å². The van der Waals surface area contributed by atoms with E-state index in [9.17, 15) is 14.4 Å². The summed E-state index contributed by atoms with van der Waals surface area (Å²) < 4.78 is 14.8. The Bertz CT molecular complexity index is 587. The molecule has 1 heterocycles. The minimum Gasteiger partial charge on any atom is -0.469 e. The normalized spacial score (nSPS) is 11.7. The molecule has 0 aliphatic carbocycles. The highest BCUT2D eigenvalue weighted by Crippen LogP contribution is 2.34. The van der Waals surface area contributed by atoms with Crippen LogP contribution in [0.15, 0.2) is 18.2 Å². The second-order valence-electron chi connectivity index (χ2n) is 4.49. The predicted octanol–water partition coefficient (Wildman–Crippen LogP) is 1.06. The first-order valence-electron chi connectivity index (χ1n) is 6.61. The molecule has 0 atom stereocenters. The molecule has 8 heteroatoms. The van der Waals surface area contributed by atoms with Gasteiger partial charge in [-0.05, 0) is 12.1 Å². The molecule has 0 fully saturated rings. The number of amides is 2. The highest BCUT2D eigenvalue weighted by atomic mass is 16.7. The van der Waals surface area contributed by atoms with Crippen molar-refractivity contribution in [1.82, 2.24) is 5.32 Å². The summed E-state index contributed by atoms with van der Waals surface area (Å²) in [4.78, 5) is 34.1. The Kier molecular flexibility index (Phi) is 5.18. The molecule has 0 unspecified atom stereocenters. The maximum absolute atomic E-state index is 11.7. The van der Waals surface area contributed by atoms with E-state index in [2.05, 4.69) is 15.4 Å². The molecular formula is C14H16N2O6. The molecule has 2 rings (SSSR count). The average Bonchev–Trinajstić information content (AvgIpc) is 2.98. The molecule has 22 heavy (non-hydrogen) atoms. The van der Waals surface area contributed by atoms with Crippen LogP contribution in [0.1, 0.15) is 12.8 Å². The quantitative estimate of drug-likeness (QED) is 0.762. The molecule has 1 aromatic rings. The van der Waals surface area contributed by atoms with Crippen molar-refractivity contribution >= 4 is 23.5 Å². The predicted molar refractivity (Wildman–Crippen MR) is 75.8 cm³/mol. The lowest BCUT2D eigenvalue weighted by Crippen LogP contribution is -2.33. The first-order valence-corrected chi connectivity index (χ1v) is 6.61. The van der Waals surface area contributed by atoms with Gasteiger partial charge in [0.25, 0.3) is 0 Å². The van der Waals surface area contributed by atoms with E-state index in [4.69, 9.17) is 9.47 Å². The monoisotopic (exact) mass is 308 g/mol. The second-order valence-corrected chi connectivity index (χ2v) is 4.49. The van der Waals surface area contributed by atoms with Crippen LogP contribution in [-0.4, -0.2) is 38.2 Å². The number of nitrogens with one attached hydrogen (secondary N) is 2. The van der Waals surface area contributed by atoms with Gasteiger partial charge in [0.15, 0.2) is 17.3 Å². The van der Waals surface area contributed by atoms with Gasteiger partial charge in [-0.25, -0.2) is 4.79 Å². The zero-order chi connectivity index (χ0) is 15.9. The Morgan fingerprint density at radius 2 is 1.95 bits per heavy atom. The third kappa shape index (κ3) is 4.37. The maximum Gasteiger partial charge on any atom is 0.319 e. The van der Waals surface area contributed by atoms with Gasteiger partial charge in [-0.1, -0.05) is 0 Å². The van der Waals surface area contributed by atoms with E-state index < -0.39 is 12.0 Å². The van der Waals surface area contributed by atoms with E-state index in [1.807, 2.05) is 0 Å². The number of hydrogen-bond donors (Lipinski definition) is 2. The molecule has 0 saturated carbocycles. The zero-order valence-corrected chi connectivity index (χ0v) is 12.0. The molecule has 118 valence electrons.